The van der Waals surface area contributed by atoms with E-state index in [-0.39, 0.29) is 0 Å². The van der Waals surface area contributed by atoms with Crippen LogP contribution in [0.5, 0.6) is 0 Å². The molecule has 0 bridgehead atoms. The molecule has 2 fully saturated rings. The van der Waals surface area contributed by atoms with Gasteiger partial charge in [-0.2, -0.15) is 0 Å². The van der Waals surface area contributed by atoms with Crippen LogP contribution in [0, 0.1) is 11.8 Å². The third-order valence-corrected chi connectivity index (χ3v) is 5.11. The van der Waals surface area contributed by atoms with Gasteiger partial charge in [0.25, 0.3) is 0 Å². The second-order valence-electron chi connectivity index (χ2n) is 6.72. The molecule has 0 aromatic heterocycles. The van der Waals surface area contributed by atoms with Gasteiger partial charge in [0.05, 0.1) is 0 Å². The fourth-order valence-electron chi connectivity index (χ4n) is 3.74. The van der Waals surface area contributed by atoms with Gasteiger partial charge in [0, 0.05) is 25.2 Å². The first-order valence-corrected chi connectivity index (χ1v) is 8.18. The van der Waals surface area contributed by atoms with Crippen molar-refractivity contribution in [1.29, 1.82) is 0 Å². The lowest BCUT2D eigenvalue weighted by molar-refractivity contribution is 0.0846. The first-order valence-electron chi connectivity index (χ1n) is 8.18. The van der Waals surface area contributed by atoms with Crippen molar-refractivity contribution < 1.29 is 0 Å². The summed E-state index contributed by atoms with van der Waals surface area (Å²) in [6.45, 7) is 10.9. The molecular weight excluding hydrogens is 220 g/mol. The molecule has 106 valence electrons. The first kappa shape index (κ1) is 14.3. The Balaban J connectivity index is 1.89. The molecule has 1 aliphatic carbocycles. The minimum atomic E-state index is 0.838. The van der Waals surface area contributed by atoms with E-state index in [1.807, 2.05) is 0 Å². The number of hydrogen-bond donors (Lipinski definition) is 1. The van der Waals surface area contributed by atoms with E-state index < -0.39 is 0 Å². The maximum atomic E-state index is 3.44. The molecule has 0 amide bonds. The molecule has 1 saturated carbocycles. The molecule has 18 heavy (non-hydrogen) atoms. The second kappa shape index (κ2) is 6.91. The number of rotatable bonds is 5. The smallest absolute Gasteiger partial charge is 0.0348 e. The van der Waals surface area contributed by atoms with Gasteiger partial charge in [-0.05, 0) is 44.1 Å². The highest BCUT2D eigenvalue weighted by Crippen LogP contribution is 2.31. The highest BCUT2D eigenvalue weighted by molar-refractivity contribution is 4.89. The summed E-state index contributed by atoms with van der Waals surface area (Å²) in [5.41, 5.74) is 0. The van der Waals surface area contributed by atoms with Crippen LogP contribution >= 0.6 is 0 Å². The third-order valence-electron chi connectivity index (χ3n) is 5.11. The molecule has 2 heteroatoms. The molecular formula is C16H32N2. The van der Waals surface area contributed by atoms with Crippen LogP contribution in [0.15, 0.2) is 0 Å². The summed E-state index contributed by atoms with van der Waals surface area (Å²) in [4.78, 5) is 2.83. The summed E-state index contributed by atoms with van der Waals surface area (Å²) >= 11 is 0. The Morgan fingerprint density at radius 3 is 2.39 bits per heavy atom. The Bertz CT molecular complexity index is 235. The first-order chi connectivity index (χ1) is 8.72. The van der Waals surface area contributed by atoms with Crippen molar-refractivity contribution in [3.63, 3.8) is 0 Å². The predicted octanol–water partition coefficient (Wildman–Crippen LogP) is 3.28. The molecule has 0 spiro atoms. The van der Waals surface area contributed by atoms with Gasteiger partial charge in [0.15, 0.2) is 0 Å². The number of nitrogens with zero attached hydrogens (tertiary/aromatic N) is 1. The Morgan fingerprint density at radius 2 is 1.83 bits per heavy atom. The second-order valence-corrected chi connectivity index (χ2v) is 6.72. The van der Waals surface area contributed by atoms with Crippen LogP contribution in [0.3, 0.4) is 0 Å². The minimum absolute atomic E-state index is 0.838. The van der Waals surface area contributed by atoms with E-state index in [0.717, 1.165) is 23.9 Å². The lowest BCUT2D eigenvalue weighted by atomic mass is 9.89. The summed E-state index contributed by atoms with van der Waals surface area (Å²) in [5.74, 6) is 1.87. The van der Waals surface area contributed by atoms with E-state index in [0.29, 0.717) is 0 Å². The summed E-state index contributed by atoms with van der Waals surface area (Å²) in [6.07, 6.45) is 8.58. The van der Waals surface area contributed by atoms with Crippen molar-refractivity contribution >= 4 is 0 Å². The predicted molar refractivity (Wildman–Crippen MR) is 78.9 cm³/mol. The van der Waals surface area contributed by atoms with Crippen LogP contribution in [0.4, 0.5) is 0 Å². The zero-order chi connectivity index (χ0) is 13.0. The highest BCUT2D eigenvalue weighted by atomic mass is 15.3. The Labute approximate surface area is 114 Å². The number of nitrogens with one attached hydrogen (secondary N) is 1. The fraction of sp³-hybridized carbons (Fsp3) is 1.00. The molecule has 1 heterocycles. The van der Waals surface area contributed by atoms with Gasteiger partial charge in [-0.15, -0.1) is 0 Å². The van der Waals surface area contributed by atoms with E-state index in [1.54, 1.807) is 0 Å². The fourth-order valence-corrected chi connectivity index (χ4v) is 3.74. The van der Waals surface area contributed by atoms with E-state index in [4.69, 9.17) is 0 Å². The van der Waals surface area contributed by atoms with Crippen molar-refractivity contribution in [3.05, 3.63) is 0 Å². The molecule has 0 radical (unpaired) electrons. The van der Waals surface area contributed by atoms with Gasteiger partial charge in [-0.1, -0.05) is 33.6 Å². The van der Waals surface area contributed by atoms with E-state index in [1.165, 1.54) is 58.2 Å². The maximum absolute atomic E-state index is 3.44. The quantitative estimate of drug-likeness (QED) is 0.756. The summed E-state index contributed by atoms with van der Waals surface area (Å²) < 4.78 is 0. The molecule has 1 saturated heterocycles. The third kappa shape index (κ3) is 3.48. The zero-order valence-corrected chi connectivity index (χ0v) is 12.6. The van der Waals surface area contributed by atoms with Crippen molar-refractivity contribution in [2.24, 2.45) is 11.8 Å². The van der Waals surface area contributed by atoms with Gasteiger partial charge < -0.3 is 5.32 Å². The zero-order valence-electron chi connectivity index (χ0n) is 12.6. The van der Waals surface area contributed by atoms with E-state index in [9.17, 15) is 0 Å². The average molecular weight is 252 g/mol. The van der Waals surface area contributed by atoms with Gasteiger partial charge in [0.2, 0.25) is 0 Å². The molecule has 1 aliphatic heterocycles. The molecule has 1 N–H and O–H groups in total. The van der Waals surface area contributed by atoms with E-state index >= 15 is 0 Å². The monoisotopic (exact) mass is 252 g/mol. The van der Waals surface area contributed by atoms with Crippen LogP contribution < -0.4 is 5.32 Å². The minimum Gasteiger partial charge on any atom is -0.314 e. The summed E-state index contributed by atoms with van der Waals surface area (Å²) in [6, 6.07) is 1.71. The van der Waals surface area contributed by atoms with Crippen molar-refractivity contribution in [2.75, 3.05) is 19.6 Å². The van der Waals surface area contributed by atoms with Gasteiger partial charge in [-0.25, -0.2) is 0 Å². The van der Waals surface area contributed by atoms with Crippen LogP contribution in [-0.2, 0) is 0 Å². The van der Waals surface area contributed by atoms with Crippen LogP contribution in [0.25, 0.3) is 0 Å². The van der Waals surface area contributed by atoms with Gasteiger partial charge in [-0.3, -0.25) is 4.90 Å². The molecule has 2 rings (SSSR count). The number of hydrogen-bond acceptors (Lipinski definition) is 2. The maximum Gasteiger partial charge on any atom is 0.0348 e. The lowest BCUT2D eigenvalue weighted by Crippen LogP contribution is -2.60. The topological polar surface area (TPSA) is 15.3 Å². The SMILES string of the molecule is CCCN(C1CCCC(C(C)C)CC1)C1CNC1. The Morgan fingerprint density at radius 1 is 1.06 bits per heavy atom. The molecule has 0 aromatic rings. The standard InChI is InChI=1S/C16H32N2/c1-4-10-18(16-11-17-12-16)15-7-5-6-14(8-9-15)13(2)3/h13-17H,4-12H2,1-3H3. The van der Waals surface area contributed by atoms with E-state index in [2.05, 4.69) is 31.0 Å². The van der Waals surface area contributed by atoms with Gasteiger partial charge in [0.1, 0.15) is 0 Å². The van der Waals surface area contributed by atoms with Gasteiger partial charge >= 0.3 is 0 Å². The largest absolute Gasteiger partial charge is 0.314 e. The Kier molecular flexibility index (Phi) is 5.50. The van der Waals surface area contributed by atoms with Crippen LogP contribution in [-0.4, -0.2) is 36.6 Å². The normalized spacial score (nSPS) is 30.5. The molecule has 0 aromatic carbocycles. The Hall–Kier alpha value is -0.0800. The summed E-state index contributed by atoms with van der Waals surface area (Å²) in [5, 5.41) is 3.44. The molecule has 2 unspecified atom stereocenters. The molecule has 2 nitrogen and oxygen atoms in total. The molecule has 2 atom stereocenters. The molecule has 2 aliphatic rings. The highest BCUT2D eigenvalue weighted by Gasteiger charge is 2.31. The van der Waals surface area contributed by atoms with Crippen molar-refractivity contribution in [1.82, 2.24) is 10.2 Å². The summed E-state index contributed by atoms with van der Waals surface area (Å²) in [7, 11) is 0. The lowest BCUT2D eigenvalue weighted by Gasteiger charge is -2.43. The average Bonchev–Trinajstić information content (AvgIpc) is 2.51. The van der Waals surface area contributed by atoms with Crippen molar-refractivity contribution in [2.45, 2.75) is 71.4 Å². The van der Waals surface area contributed by atoms with Crippen molar-refractivity contribution in [3.8, 4) is 0 Å². The van der Waals surface area contributed by atoms with Crippen LogP contribution in [0.2, 0.25) is 0 Å². The van der Waals surface area contributed by atoms with Crippen LogP contribution in [0.1, 0.15) is 59.3 Å².